The van der Waals surface area contributed by atoms with Gasteiger partial charge in [0, 0.05) is 31.1 Å². The van der Waals surface area contributed by atoms with Crippen molar-refractivity contribution in [2.45, 2.75) is 37.2 Å². The van der Waals surface area contributed by atoms with Crippen molar-refractivity contribution in [2.75, 3.05) is 13.1 Å². The number of carbonyl (C=O) groups is 1. The molecule has 3 rings (SSSR count). The molecule has 1 aromatic carbocycles. The molecule has 2 aromatic rings. The van der Waals surface area contributed by atoms with Gasteiger partial charge in [0.05, 0.1) is 11.4 Å². The molecule has 1 fully saturated rings. The molecular weight excluding hydrogens is 358 g/mol. The standard InChI is InChI=1S/C16H21N5O4S/c1-2-15-19-14(20-25-15)9-18-16(22)11-4-3-5-13(8-11)26(23,24)21-7-6-12(17)10-21/h3-5,8,12H,2,6-7,9-10,17H2,1H3,(H,18,22). The molecule has 26 heavy (non-hydrogen) atoms. The van der Waals surface area contributed by atoms with E-state index in [9.17, 15) is 13.2 Å². The predicted molar refractivity (Wildman–Crippen MR) is 92.6 cm³/mol. The number of hydrogen-bond donors (Lipinski definition) is 2. The molecule has 1 unspecified atom stereocenters. The minimum Gasteiger partial charge on any atom is -0.345 e. The van der Waals surface area contributed by atoms with Crippen LogP contribution >= 0.6 is 0 Å². The molecule has 0 saturated carbocycles. The zero-order chi connectivity index (χ0) is 18.7. The van der Waals surface area contributed by atoms with Crippen LogP contribution in [0.5, 0.6) is 0 Å². The highest BCUT2D eigenvalue weighted by Crippen LogP contribution is 2.21. The van der Waals surface area contributed by atoms with Crippen molar-refractivity contribution in [1.82, 2.24) is 19.8 Å². The molecule has 1 atom stereocenters. The van der Waals surface area contributed by atoms with Crippen LogP contribution in [0.3, 0.4) is 0 Å². The van der Waals surface area contributed by atoms with Gasteiger partial charge in [-0.15, -0.1) is 0 Å². The number of nitrogens with one attached hydrogen (secondary N) is 1. The van der Waals surface area contributed by atoms with Crippen molar-refractivity contribution in [3.05, 3.63) is 41.5 Å². The van der Waals surface area contributed by atoms with E-state index < -0.39 is 15.9 Å². The molecule has 1 aromatic heterocycles. The van der Waals surface area contributed by atoms with Gasteiger partial charge < -0.3 is 15.6 Å². The van der Waals surface area contributed by atoms with E-state index in [0.29, 0.717) is 31.1 Å². The van der Waals surface area contributed by atoms with Crippen LogP contribution in [-0.4, -0.2) is 47.9 Å². The van der Waals surface area contributed by atoms with Crippen LogP contribution in [0.4, 0.5) is 0 Å². The van der Waals surface area contributed by atoms with Crippen LogP contribution in [0.1, 0.15) is 35.4 Å². The zero-order valence-corrected chi connectivity index (χ0v) is 15.2. The van der Waals surface area contributed by atoms with E-state index in [2.05, 4.69) is 15.5 Å². The summed E-state index contributed by atoms with van der Waals surface area (Å²) in [6.07, 6.45) is 1.24. The number of hydrogen-bond acceptors (Lipinski definition) is 7. The quantitative estimate of drug-likeness (QED) is 0.737. The third kappa shape index (κ3) is 3.92. The van der Waals surface area contributed by atoms with E-state index in [1.807, 2.05) is 6.92 Å². The van der Waals surface area contributed by atoms with Crippen molar-refractivity contribution < 1.29 is 17.7 Å². The first-order valence-electron chi connectivity index (χ1n) is 8.35. The van der Waals surface area contributed by atoms with Crippen LogP contribution < -0.4 is 11.1 Å². The third-order valence-electron chi connectivity index (χ3n) is 4.14. The minimum atomic E-state index is -3.66. The van der Waals surface area contributed by atoms with Gasteiger partial charge in [-0.3, -0.25) is 4.79 Å². The molecule has 1 amide bonds. The van der Waals surface area contributed by atoms with Crippen molar-refractivity contribution in [1.29, 1.82) is 0 Å². The summed E-state index contributed by atoms with van der Waals surface area (Å²) in [5.41, 5.74) is 6.04. The highest BCUT2D eigenvalue weighted by Gasteiger charge is 2.31. The SMILES string of the molecule is CCc1nc(CNC(=O)c2cccc(S(=O)(=O)N3CCC(N)C3)c2)no1. The molecule has 0 aliphatic carbocycles. The lowest BCUT2D eigenvalue weighted by molar-refractivity contribution is 0.0949. The Hall–Kier alpha value is -2.30. The van der Waals surface area contributed by atoms with Crippen LogP contribution in [0.2, 0.25) is 0 Å². The van der Waals surface area contributed by atoms with E-state index in [0.717, 1.165) is 0 Å². The fourth-order valence-electron chi connectivity index (χ4n) is 2.69. The van der Waals surface area contributed by atoms with Crippen LogP contribution in [0, 0.1) is 0 Å². The maximum absolute atomic E-state index is 12.7. The Kier molecular flexibility index (Phi) is 5.35. The Labute approximate surface area is 151 Å². The molecule has 1 saturated heterocycles. The number of aryl methyl sites for hydroxylation is 1. The lowest BCUT2D eigenvalue weighted by atomic mass is 10.2. The van der Waals surface area contributed by atoms with Gasteiger partial charge in [0.2, 0.25) is 15.9 Å². The number of carbonyl (C=O) groups excluding carboxylic acids is 1. The summed E-state index contributed by atoms with van der Waals surface area (Å²) in [7, 11) is -3.66. The molecule has 9 nitrogen and oxygen atoms in total. The van der Waals surface area contributed by atoms with E-state index in [4.69, 9.17) is 10.3 Å². The Morgan fingerprint density at radius 1 is 1.46 bits per heavy atom. The summed E-state index contributed by atoms with van der Waals surface area (Å²) in [4.78, 5) is 16.5. The number of amides is 1. The van der Waals surface area contributed by atoms with Crippen molar-refractivity contribution in [3.8, 4) is 0 Å². The van der Waals surface area contributed by atoms with Gasteiger partial charge >= 0.3 is 0 Å². The summed E-state index contributed by atoms with van der Waals surface area (Å²) in [6.45, 7) is 2.66. The second-order valence-electron chi connectivity index (χ2n) is 6.08. The Balaban J connectivity index is 1.71. The highest BCUT2D eigenvalue weighted by atomic mass is 32.2. The summed E-state index contributed by atoms with van der Waals surface area (Å²) < 4.78 is 31.7. The smallest absolute Gasteiger partial charge is 0.251 e. The third-order valence-corrected chi connectivity index (χ3v) is 6.00. The van der Waals surface area contributed by atoms with E-state index >= 15 is 0 Å². The van der Waals surface area contributed by atoms with Crippen molar-refractivity contribution in [3.63, 3.8) is 0 Å². The second-order valence-corrected chi connectivity index (χ2v) is 8.02. The van der Waals surface area contributed by atoms with Gasteiger partial charge in [-0.1, -0.05) is 18.1 Å². The van der Waals surface area contributed by atoms with E-state index in [1.165, 1.54) is 16.4 Å². The van der Waals surface area contributed by atoms with Gasteiger partial charge in [-0.05, 0) is 24.6 Å². The molecule has 140 valence electrons. The molecule has 1 aliphatic heterocycles. The Morgan fingerprint density at radius 2 is 2.27 bits per heavy atom. The second kappa shape index (κ2) is 7.52. The summed E-state index contributed by atoms with van der Waals surface area (Å²) in [6, 6.07) is 5.78. The average Bonchev–Trinajstić information content (AvgIpc) is 3.28. The first-order chi connectivity index (χ1) is 12.4. The monoisotopic (exact) mass is 379 g/mol. The molecule has 0 bridgehead atoms. The zero-order valence-electron chi connectivity index (χ0n) is 14.4. The number of rotatable bonds is 6. The molecule has 2 heterocycles. The Morgan fingerprint density at radius 3 is 2.92 bits per heavy atom. The molecular formula is C16H21N5O4S. The molecule has 0 radical (unpaired) electrons. The molecule has 3 N–H and O–H groups in total. The van der Waals surface area contributed by atoms with E-state index in [1.54, 1.807) is 12.1 Å². The fourth-order valence-corrected chi connectivity index (χ4v) is 4.24. The van der Waals surface area contributed by atoms with Crippen molar-refractivity contribution in [2.24, 2.45) is 5.73 Å². The Bertz CT molecular complexity index is 896. The maximum Gasteiger partial charge on any atom is 0.251 e. The lowest BCUT2D eigenvalue weighted by Gasteiger charge is -2.16. The largest absolute Gasteiger partial charge is 0.345 e. The molecule has 0 spiro atoms. The van der Waals surface area contributed by atoms with Crippen LogP contribution in [0.15, 0.2) is 33.7 Å². The van der Waals surface area contributed by atoms with Gasteiger partial charge in [0.15, 0.2) is 5.82 Å². The number of nitrogens with two attached hydrogens (primary N) is 1. The predicted octanol–water partition coefficient (Wildman–Crippen LogP) is 0.284. The highest BCUT2D eigenvalue weighted by molar-refractivity contribution is 7.89. The van der Waals surface area contributed by atoms with Gasteiger partial charge in [0.25, 0.3) is 5.91 Å². The molecule has 10 heteroatoms. The molecule has 1 aliphatic rings. The van der Waals surface area contributed by atoms with E-state index in [-0.39, 0.29) is 29.6 Å². The summed E-state index contributed by atoms with van der Waals surface area (Å²) >= 11 is 0. The van der Waals surface area contributed by atoms with Crippen LogP contribution in [-0.2, 0) is 23.0 Å². The summed E-state index contributed by atoms with van der Waals surface area (Å²) in [5, 5.41) is 6.41. The average molecular weight is 379 g/mol. The maximum atomic E-state index is 12.7. The minimum absolute atomic E-state index is 0.0760. The topological polar surface area (TPSA) is 131 Å². The number of sulfonamides is 1. The lowest BCUT2D eigenvalue weighted by Crippen LogP contribution is -2.32. The normalized spacial score (nSPS) is 18.2. The number of aromatic nitrogens is 2. The first-order valence-corrected chi connectivity index (χ1v) is 9.79. The summed E-state index contributed by atoms with van der Waals surface area (Å²) in [5.74, 6) is 0.444. The van der Waals surface area contributed by atoms with Crippen molar-refractivity contribution >= 4 is 15.9 Å². The number of nitrogens with zero attached hydrogens (tertiary/aromatic N) is 3. The number of benzene rings is 1. The fraction of sp³-hybridized carbons (Fsp3) is 0.438. The van der Waals surface area contributed by atoms with Gasteiger partial charge in [-0.25, -0.2) is 8.42 Å². The van der Waals surface area contributed by atoms with Gasteiger partial charge in [0.1, 0.15) is 0 Å². The van der Waals surface area contributed by atoms with Gasteiger partial charge in [-0.2, -0.15) is 9.29 Å². The first kappa shape index (κ1) is 18.5. The van der Waals surface area contributed by atoms with Crippen LogP contribution in [0.25, 0.3) is 0 Å².